The van der Waals surface area contributed by atoms with Crippen LogP contribution in [0.2, 0.25) is 0 Å². The number of nitrogens with one attached hydrogen (secondary N) is 2. The maximum Gasteiger partial charge on any atom is 0.237 e. The van der Waals surface area contributed by atoms with Crippen LogP contribution in [0.1, 0.15) is 20.3 Å². The van der Waals surface area contributed by atoms with Gasteiger partial charge in [-0.1, -0.05) is 6.07 Å². The second kappa shape index (κ2) is 7.92. The molecule has 0 spiro atoms. The molecule has 2 atom stereocenters. The lowest BCUT2D eigenvalue weighted by Gasteiger charge is -2.22. The lowest BCUT2D eigenvalue weighted by molar-refractivity contribution is -0.116. The van der Waals surface area contributed by atoms with Gasteiger partial charge in [0.05, 0.1) is 21.1 Å². The molecule has 28 heavy (non-hydrogen) atoms. The predicted molar refractivity (Wildman–Crippen MR) is 107 cm³/mol. The van der Waals surface area contributed by atoms with E-state index in [4.69, 9.17) is 0 Å². The number of anilines is 2. The molecule has 2 N–H and O–H groups in total. The number of rotatable bonds is 5. The fourth-order valence-electron chi connectivity index (χ4n) is 2.75. The quantitative estimate of drug-likeness (QED) is 0.770. The summed E-state index contributed by atoms with van der Waals surface area (Å²) in [4.78, 5) is 24.8. The van der Waals surface area contributed by atoms with Crippen LogP contribution in [-0.4, -0.2) is 30.7 Å². The van der Waals surface area contributed by atoms with Gasteiger partial charge in [-0.3, -0.25) is 9.59 Å². The second-order valence-corrected chi connectivity index (χ2v) is 10.3. The standard InChI is InChI=1S/C19H19FN2O4S2/c1-11(8-18(23)21-14-5-3-4-13(20)9-14)28(25,26)15-6-7-17-16(10-15)22-19(24)12(2)27-17/h3-7,9-12H,8H2,1-2H3,(H,21,23)(H,22,24)/t11-,12-/m1/s1. The Labute approximate surface area is 166 Å². The van der Waals surface area contributed by atoms with Gasteiger partial charge >= 0.3 is 0 Å². The Hall–Kier alpha value is -2.39. The number of benzene rings is 2. The van der Waals surface area contributed by atoms with Crippen molar-refractivity contribution in [2.24, 2.45) is 0 Å². The molecule has 0 fully saturated rings. The molecule has 0 bridgehead atoms. The van der Waals surface area contributed by atoms with Crippen LogP contribution >= 0.6 is 11.8 Å². The van der Waals surface area contributed by atoms with Crippen LogP contribution in [0.25, 0.3) is 0 Å². The van der Waals surface area contributed by atoms with Crippen molar-refractivity contribution >= 4 is 44.8 Å². The van der Waals surface area contributed by atoms with Gasteiger partial charge in [0.25, 0.3) is 0 Å². The topological polar surface area (TPSA) is 92.3 Å². The molecule has 2 amide bonds. The molecule has 0 saturated heterocycles. The van der Waals surface area contributed by atoms with E-state index in [1.165, 1.54) is 49.0 Å². The number of fused-ring (bicyclic) bond motifs is 1. The largest absolute Gasteiger partial charge is 0.326 e. The second-order valence-electron chi connectivity index (χ2n) is 6.53. The summed E-state index contributed by atoms with van der Waals surface area (Å²) in [6, 6.07) is 9.92. The van der Waals surface area contributed by atoms with E-state index in [2.05, 4.69) is 10.6 Å². The van der Waals surface area contributed by atoms with Crippen LogP contribution in [0.5, 0.6) is 0 Å². The van der Waals surface area contributed by atoms with Crippen LogP contribution < -0.4 is 10.6 Å². The highest BCUT2D eigenvalue weighted by Gasteiger charge is 2.29. The average molecular weight is 423 g/mol. The van der Waals surface area contributed by atoms with Crippen molar-refractivity contribution in [3.63, 3.8) is 0 Å². The highest BCUT2D eigenvalue weighted by Crippen LogP contribution is 2.37. The van der Waals surface area contributed by atoms with Crippen LogP contribution in [0.3, 0.4) is 0 Å². The van der Waals surface area contributed by atoms with Gasteiger partial charge in [-0.05, 0) is 50.2 Å². The summed E-state index contributed by atoms with van der Waals surface area (Å²) in [5, 5.41) is 3.95. The Bertz CT molecular complexity index is 1040. The number of carbonyl (C=O) groups excluding carboxylic acids is 2. The molecule has 2 aromatic rings. The Morgan fingerprint density at radius 2 is 2.04 bits per heavy atom. The minimum atomic E-state index is -3.79. The molecule has 0 aliphatic carbocycles. The first-order valence-corrected chi connectivity index (χ1v) is 11.0. The lowest BCUT2D eigenvalue weighted by Crippen LogP contribution is -2.27. The van der Waals surface area contributed by atoms with Crippen molar-refractivity contribution in [2.45, 2.75) is 40.6 Å². The molecule has 9 heteroatoms. The molecule has 1 aliphatic heterocycles. The summed E-state index contributed by atoms with van der Waals surface area (Å²) in [6.07, 6.45) is -0.284. The minimum absolute atomic E-state index is 0.0350. The Morgan fingerprint density at radius 3 is 2.75 bits per heavy atom. The van der Waals surface area contributed by atoms with Crippen molar-refractivity contribution in [1.82, 2.24) is 0 Å². The molecule has 0 saturated carbocycles. The third-order valence-corrected chi connectivity index (χ3v) is 7.64. The van der Waals surface area contributed by atoms with E-state index in [9.17, 15) is 22.4 Å². The molecule has 1 heterocycles. The summed E-state index contributed by atoms with van der Waals surface area (Å²) in [5.74, 6) is -1.21. The molecule has 0 unspecified atom stereocenters. The Morgan fingerprint density at radius 1 is 1.29 bits per heavy atom. The highest BCUT2D eigenvalue weighted by molar-refractivity contribution is 8.01. The average Bonchev–Trinajstić information content (AvgIpc) is 2.62. The molecule has 1 aliphatic rings. The van der Waals surface area contributed by atoms with Crippen LogP contribution in [0.15, 0.2) is 52.3 Å². The van der Waals surface area contributed by atoms with Crippen molar-refractivity contribution in [3.05, 3.63) is 48.3 Å². The van der Waals surface area contributed by atoms with E-state index in [-0.39, 0.29) is 28.2 Å². The first kappa shape index (κ1) is 20.3. The summed E-state index contributed by atoms with van der Waals surface area (Å²) in [7, 11) is -3.79. The van der Waals surface area contributed by atoms with Gasteiger partial charge in [-0.15, -0.1) is 11.8 Å². The van der Waals surface area contributed by atoms with Gasteiger partial charge in [0.15, 0.2) is 9.84 Å². The number of carbonyl (C=O) groups is 2. The van der Waals surface area contributed by atoms with Gasteiger partial charge in [0.2, 0.25) is 11.8 Å². The first-order chi connectivity index (χ1) is 13.2. The molecule has 0 aromatic heterocycles. The van der Waals surface area contributed by atoms with Gasteiger partial charge in [0.1, 0.15) is 5.82 Å². The first-order valence-electron chi connectivity index (χ1n) is 8.57. The smallest absolute Gasteiger partial charge is 0.237 e. The summed E-state index contributed by atoms with van der Waals surface area (Å²) in [5.41, 5.74) is 0.711. The number of sulfone groups is 1. The van der Waals surface area contributed by atoms with E-state index in [0.717, 1.165) is 11.0 Å². The van der Waals surface area contributed by atoms with E-state index >= 15 is 0 Å². The van der Waals surface area contributed by atoms with E-state index < -0.39 is 26.8 Å². The van der Waals surface area contributed by atoms with Crippen LogP contribution in [0.4, 0.5) is 15.8 Å². The van der Waals surface area contributed by atoms with Crippen LogP contribution in [0, 0.1) is 5.82 Å². The van der Waals surface area contributed by atoms with E-state index in [1.807, 2.05) is 0 Å². The fraction of sp³-hybridized carbons (Fsp3) is 0.263. The number of hydrogen-bond acceptors (Lipinski definition) is 5. The molecule has 0 radical (unpaired) electrons. The zero-order valence-electron chi connectivity index (χ0n) is 15.2. The maximum atomic E-state index is 13.2. The third-order valence-electron chi connectivity index (χ3n) is 4.32. The summed E-state index contributed by atoms with van der Waals surface area (Å²) >= 11 is 1.36. The summed E-state index contributed by atoms with van der Waals surface area (Å²) in [6.45, 7) is 3.21. The Kier molecular flexibility index (Phi) is 5.76. The van der Waals surface area contributed by atoms with Crippen molar-refractivity contribution < 1.29 is 22.4 Å². The summed E-state index contributed by atoms with van der Waals surface area (Å²) < 4.78 is 38.9. The Balaban J connectivity index is 1.74. The maximum absolute atomic E-state index is 13.2. The molecular formula is C19H19FN2O4S2. The van der Waals surface area contributed by atoms with Gasteiger partial charge in [-0.2, -0.15) is 0 Å². The van der Waals surface area contributed by atoms with E-state index in [1.54, 1.807) is 13.0 Å². The monoisotopic (exact) mass is 422 g/mol. The van der Waals surface area contributed by atoms with Crippen molar-refractivity contribution in [3.8, 4) is 0 Å². The predicted octanol–water partition coefficient (Wildman–Crippen LogP) is 3.45. The number of thioether (sulfide) groups is 1. The highest BCUT2D eigenvalue weighted by atomic mass is 32.2. The number of halogens is 1. The van der Waals surface area contributed by atoms with E-state index in [0.29, 0.717) is 5.69 Å². The zero-order valence-corrected chi connectivity index (χ0v) is 16.9. The zero-order chi connectivity index (χ0) is 20.5. The van der Waals surface area contributed by atoms with Gasteiger partial charge < -0.3 is 10.6 Å². The lowest BCUT2D eigenvalue weighted by atomic mass is 10.2. The number of amides is 2. The van der Waals surface area contributed by atoms with Gasteiger partial charge in [-0.25, -0.2) is 12.8 Å². The molecule has 3 rings (SSSR count). The van der Waals surface area contributed by atoms with Crippen molar-refractivity contribution in [1.29, 1.82) is 0 Å². The minimum Gasteiger partial charge on any atom is -0.326 e. The third kappa shape index (κ3) is 4.36. The SMILES string of the molecule is C[C@H](CC(=O)Nc1cccc(F)c1)S(=O)(=O)c1ccc2c(c1)NC(=O)[C@@H](C)S2. The van der Waals surface area contributed by atoms with Crippen molar-refractivity contribution in [2.75, 3.05) is 10.6 Å². The number of hydrogen-bond donors (Lipinski definition) is 2. The molecule has 148 valence electrons. The fourth-order valence-corrected chi connectivity index (χ4v) is 5.05. The van der Waals surface area contributed by atoms with Crippen LogP contribution in [-0.2, 0) is 19.4 Å². The molecular weight excluding hydrogens is 403 g/mol. The molecule has 2 aromatic carbocycles. The molecule has 6 nitrogen and oxygen atoms in total. The normalized spacial score (nSPS) is 17.4. The van der Waals surface area contributed by atoms with Gasteiger partial charge in [0, 0.05) is 17.0 Å².